The fraction of sp³-hybridized carbons (Fsp3) is 0.692. The summed E-state index contributed by atoms with van der Waals surface area (Å²) < 4.78 is 0.313. The summed E-state index contributed by atoms with van der Waals surface area (Å²) in [5.41, 5.74) is 1.46. The molecule has 1 heterocycles. The molecule has 1 atom stereocenters. The molecule has 0 spiro atoms. The van der Waals surface area contributed by atoms with E-state index >= 15 is 0 Å². The summed E-state index contributed by atoms with van der Waals surface area (Å²) in [5, 5.41) is 3.63. The highest BCUT2D eigenvalue weighted by Gasteiger charge is 2.18. The number of nitrogens with one attached hydrogen (secondary N) is 1. The van der Waals surface area contributed by atoms with Gasteiger partial charge >= 0.3 is 0 Å². The van der Waals surface area contributed by atoms with Crippen molar-refractivity contribution in [1.29, 1.82) is 0 Å². The summed E-state index contributed by atoms with van der Waals surface area (Å²) in [6, 6.07) is 2.76. The maximum atomic E-state index is 3.63. The minimum Gasteiger partial charge on any atom is -0.309 e. The van der Waals surface area contributed by atoms with Crippen LogP contribution >= 0.6 is 23.1 Å². The van der Waals surface area contributed by atoms with Crippen LogP contribution < -0.4 is 5.32 Å². The highest BCUT2D eigenvalue weighted by molar-refractivity contribution is 7.99. The van der Waals surface area contributed by atoms with Crippen molar-refractivity contribution in [1.82, 2.24) is 5.32 Å². The lowest BCUT2D eigenvalue weighted by molar-refractivity contribution is 0.522. The molecule has 0 fully saturated rings. The Morgan fingerprint density at radius 2 is 2.06 bits per heavy atom. The molecule has 0 aliphatic carbocycles. The van der Waals surface area contributed by atoms with Gasteiger partial charge in [0.25, 0.3) is 0 Å². The molecule has 0 aliphatic rings. The summed E-state index contributed by atoms with van der Waals surface area (Å²) >= 11 is 3.81. The lowest BCUT2D eigenvalue weighted by Crippen LogP contribution is -2.33. The van der Waals surface area contributed by atoms with Crippen LogP contribution in [0.1, 0.15) is 42.1 Å². The van der Waals surface area contributed by atoms with Gasteiger partial charge < -0.3 is 5.32 Å². The monoisotopic (exact) mass is 257 g/mol. The molecular formula is C13H23NS2. The zero-order valence-corrected chi connectivity index (χ0v) is 12.8. The lowest BCUT2D eigenvalue weighted by Gasteiger charge is -2.25. The van der Waals surface area contributed by atoms with Crippen LogP contribution in [0.3, 0.4) is 0 Å². The second kappa shape index (κ2) is 5.56. The van der Waals surface area contributed by atoms with Gasteiger partial charge in [0.05, 0.1) is 0 Å². The zero-order valence-electron chi connectivity index (χ0n) is 11.2. The van der Waals surface area contributed by atoms with Crippen LogP contribution in [0.15, 0.2) is 6.07 Å². The van der Waals surface area contributed by atoms with Gasteiger partial charge in [-0.05, 0) is 52.5 Å². The maximum Gasteiger partial charge on any atom is 0.0303 e. The first-order valence-electron chi connectivity index (χ1n) is 5.71. The molecule has 16 heavy (non-hydrogen) atoms. The molecule has 0 saturated heterocycles. The molecule has 1 nitrogen and oxygen atoms in total. The smallest absolute Gasteiger partial charge is 0.0303 e. The summed E-state index contributed by atoms with van der Waals surface area (Å²) in [4.78, 5) is 2.85. The third-order valence-electron chi connectivity index (χ3n) is 2.93. The predicted octanol–water partition coefficient (Wildman–Crippen LogP) is 4.16. The molecule has 1 rings (SSSR count). The Morgan fingerprint density at radius 1 is 1.44 bits per heavy atom. The van der Waals surface area contributed by atoms with Crippen LogP contribution in [0.5, 0.6) is 0 Å². The van der Waals surface area contributed by atoms with E-state index in [1.807, 2.05) is 23.1 Å². The summed E-state index contributed by atoms with van der Waals surface area (Å²) in [7, 11) is 0. The van der Waals surface area contributed by atoms with Crippen LogP contribution in [0.2, 0.25) is 0 Å². The van der Waals surface area contributed by atoms with E-state index < -0.39 is 0 Å². The average molecular weight is 257 g/mol. The first-order valence-corrected chi connectivity index (χ1v) is 7.75. The average Bonchev–Trinajstić information content (AvgIpc) is 2.54. The number of aryl methyl sites for hydroxylation is 2. The van der Waals surface area contributed by atoms with Gasteiger partial charge in [-0.2, -0.15) is 11.8 Å². The van der Waals surface area contributed by atoms with Crippen molar-refractivity contribution >= 4 is 23.1 Å². The van der Waals surface area contributed by atoms with E-state index in [4.69, 9.17) is 0 Å². The molecule has 0 saturated carbocycles. The van der Waals surface area contributed by atoms with E-state index in [0.29, 0.717) is 10.8 Å². The van der Waals surface area contributed by atoms with Gasteiger partial charge in [-0.25, -0.2) is 0 Å². The van der Waals surface area contributed by atoms with E-state index in [0.717, 1.165) is 6.54 Å². The highest BCUT2D eigenvalue weighted by Crippen LogP contribution is 2.27. The SMILES string of the molecule is CSC(C)(C)CNC(C)c1cc(C)sc1C. The van der Waals surface area contributed by atoms with E-state index in [1.54, 1.807) is 0 Å². The third kappa shape index (κ3) is 3.79. The van der Waals surface area contributed by atoms with Crippen molar-refractivity contribution in [3.8, 4) is 0 Å². The van der Waals surface area contributed by atoms with Crippen LogP contribution in [-0.2, 0) is 0 Å². The second-order valence-corrected chi connectivity index (χ2v) is 7.91. The van der Waals surface area contributed by atoms with Crippen molar-refractivity contribution < 1.29 is 0 Å². The van der Waals surface area contributed by atoms with Gasteiger partial charge in [0.15, 0.2) is 0 Å². The molecule has 0 radical (unpaired) electrons. The number of thiophene rings is 1. The quantitative estimate of drug-likeness (QED) is 0.850. The van der Waals surface area contributed by atoms with Crippen LogP contribution in [0.25, 0.3) is 0 Å². The van der Waals surface area contributed by atoms with Crippen LogP contribution in [0, 0.1) is 13.8 Å². The molecule has 1 aromatic rings. The van der Waals surface area contributed by atoms with Crippen molar-refractivity contribution in [2.24, 2.45) is 0 Å². The number of hydrogen-bond acceptors (Lipinski definition) is 3. The van der Waals surface area contributed by atoms with E-state index in [-0.39, 0.29) is 0 Å². The van der Waals surface area contributed by atoms with E-state index in [1.165, 1.54) is 15.3 Å². The van der Waals surface area contributed by atoms with Crippen LogP contribution in [-0.4, -0.2) is 17.5 Å². The Morgan fingerprint density at radius 3 is 2.50 bits per heavy atom. The Kier molecular flexibility index (Phi) is 4.89. The van der Waals surface area contributed by atoms with Gasteiger partial charge in [0, 0.05) is 27.1 Å². The standard InChI is InChI=1S/C13H23NS2/c1-9-7-12(11(3)16-9)10(2)14-8-13(4,5)15-6/h7,10,14H,8H2,1-6H3. The van der Waals surface area contributed by atoms with E-state index in [2.05, 4.69) is 52.3 Å². The minimum absolute atomic E-state index is 0.313. The summed E-state index contributed by atoms with van der Waals surface area (Å²) in [6.45, 7) is 12.3. The van der Waals surface area contributed by atoms with Gasteiger partial charge in [-0.15, -0.1) is 11.3 Å². The Bertz CT molecular complexity index is 342. The van der Waals surface area contributed by atoms with Gasteiger partial charge in [0.2, 0.25) is 0 Å². The molecule has 0 bridgehead atoms. The number of thioether (sulfide) groups is 1. The van der Waals surface area contributed by atoms with Gasteiger partial charge in [0.1, 0.15) is 0 Å². The first kappa shape index (κ1) is 14.1. The second-order valence-electron chi connectivity index (χ2n) is 4.93. The largest absolute Gasteiger partial charge is 0.309 e. The fourth-order valence-corrected chi connectivity index (χ4v) is 2.91. The number of hydrogen-bond donors (Lipinski definition) is 1. The maximum absolute atomic E-state index is 3.63. The highest BCUT2D eigenvalue weighted by atomic mass is 32.2. The Hall–Kier alpha value is 0.01000. The van der Waals surface area contributed by atoms with Crippen molar-refractivity contribution in [2.75, 3.05) is 12.8 Å². The molecule has 1 N–H and O–H groups in total. The Balaban J connectivity index is 2.59. The molecular weight excluding hydrogens is 234 g/mol. The molecule has 3 heteroatoms. The van der Waals surface area contributed by atoms with Crippen LogP contribution in [0.4, 0.5) is 0 Å². The molecule has 1 aromatic heterocycles. The molecule has 0 aliphatic heterocycles. The summed E-state index contributed by atoms with van der Waals surface area (Å²) in [6.07, 6.45) is 2.17. The lowest BCUT2D eigenvalue weighted by atomic mass is 10.1. The minimum atomic E-state index is 0.313. The topological polar surface area (TPSA) is 12.0 Å². The van der Waals surface area contributed by atoms with Crippen molar-refractivity contribution in [2.45, 2.75) is 45.4 Å². The zero-order chi connectivity index (χ0) is 12.3. The summed E-state index contributed by atoms with van der Waals surface area (Å²) in [5.74, 6) is 0. The first-order chi connectivity index (χ1) is 7.35. The van der Waals surface area contributed by atoms with Crippen molar-refractivity contribution in [3.05, 3.63) is 21.4 Å². The predicted molar refractivity (Wildman–Crippen MR) is 77.8 cm³/mol. The third-order valence-corrected chi connectivity index (χ3v) is 5.16. The Labute approximate surface area is 108 Å². The fourth-order valence-electron chi connectivity index (χ4n) is 1.66. The van der Waals surface area contributed by atoms with Gasteiger partial charge in [-0.3, -0.25) is 0 Å². The van der Waals surface area contributed by atoms with E-state index in [9.17, 15) is 0 Å². The molecule has 0 amide bonds. The molecule has 1 unspecified atom stereocenters. The van der Waals surface area contributed by atoms with Crippen molar-refractivity contribution in [3.63, 3.8) is 0 Å². The normalized spacial score (nSPS) is 14.1. The van der Waals surface area contributed by atoms with Gasteiger partial charge in [-0.1, -0.05) is 0 Å². The molecule has 0 aromatic carbocycles. The number of rotatable bonds is 5. The molecule has 92 valence electrons.